The van der Waals surface area contributed by atoms with Gasteiger partial charge in [0.05, 0.1) is 11.3 Å². The molecule has 2 aromatic carbocycles. The van der Waals surface area contributed by atoms with Crippen LogP contribution in [0.5, 0.6) is 0 Å². The van der Waals surface area contributed by atoms with Crippen LogP contribution >= 0.6 is 11.6 Å². The number of hydrogen-bond donors (Lipinski definition) is 0. The Morgan fingerprint density at radius 2 is 1.29 bits per heavy atom. The zero-order chi connectivity index (χ0) is 20.1. The second kappa shape index (κ2) is 8.78. The summed E-state index contributed by atoms with van der Waals surface area (Å²) in [6, 6.07) is 19.8. The molecule has 4 nitrogen and oxygen atoms in total. The number of halogens is 1. The molecule has 0 bridgehead atoms. The lowest BCUT2D eigenvalue weighted by Gasteiger charge is -2.39. The van der Waals surface area contributed by atoms with Crippen LogP contribution in [0.3, 0.4) is 0 Å². The van der Waals surface area contributed by atoms with Gasteiger partial charge < -0.3 is 9.80 Å². The van der Waals surface area contributed by atoms with E-state index in [2.05, 4.69) is 0 Å². The first kappa shape index (κ1) is 20.4. The first-order chi connectivity index (χ1) is 13.4. The molecule has 1 saturated heterocycles. The number of piperazine rings is 1. The predicted molar refractivity (Wildman–Crippen MR) is 112 cm³/mol. The fourth-order valence-electron chi connectivity index (χ4n) is 3.57. The fraction of sp³-hybridized carbons (Fsp3) is 0.391. The van der Waals surface area contributed by atoms with E-state index >= 15 is 0 Å². The van der Waals surface area contributed by atoms with Gasteiger partial charge in [0, 0.05) is 32.1 Å². The largest absolute Gasteiger partial charge is 0.339 e. The highest BCUT2D eigenvalue weighted by atomic mass is 35.5. The van der Waals surface area contributed by atoms with Crippen molar-refractivity contribution in [2.24, 2.45) is 5.41 Å². The van der Waals surface area contributed by atoms with Crippen molar-refractivity contribution in [3.05, 3.63) is 71.8 Å². The summed E-state index contributed by atoms with van der Waals surface area (Å²) in [5.74, 6) is 0.0945. The lowest BCUT2D eigenvalue weighted by Crippen LogP contribution is -2.54. The molecule has 0 unspecified atom stereocenters. The summed E-state index contributed by atoms with van der Waals surface area (Å²) < 4.78 is 0. The Bertz CT molecular complexity index is 760. The normalized spacial score (nSPS) is 15.0. The molecule has 0 radical (unpaired) electrons. The predicted octanol–water partition coefficient (Wildman–Crippen LogP) is 3.75. The number of carbonyl (C=O) groups is 2. The minimum Gasteiger partial charge on any atom is -0.339 e. The van der Waals surface area contributed by atoms with Crippen molar-refractivity contribution in [2.75, 3.05) is 32.1 Å². The number of hydrogen-bond acceptors (Lipinski definition) is 2. The molecule has 1 aliphatic rings. The Balaban J connectivity index is 1.76. The van der Waals surface area contributed by atoms with Crippen molar-refractivity contribution in [2.45, 2.75) is 19.8 Å². The maximum Gasteiger partial charge on any atom is 0.234 e. The standard InChI is InChI=1S/C23H27ClN2O2/c1-23(2,17-24)22(28)26-15-13-25(14-16-26)21(27)20(18-9-5-3-6-10-18)19-11-7-4-8-12-19/h3-12,20H,13-17H2,1-2H3. The summed E-state index contributed by atoms with van der Waals surface area (Å²) in [7, 11) is 0. The van der Waals surface area contributed by atoms with Crippen LogP contribution in [-0.2, 0) is 9.59 Å². The van der Waals surface area contributed by atoms with Crippen molar-refractivity contribution < 1.29 is 9.59 Å². The molecule has 0 saturated carbocycles. The Hall–Kier alpha value is -2.33. The number of nitrogens with zero attached hydrogens (tertiary/aromatic N) is 2. The van der Waals surface area contributed by atoms with Gasteiger partial charge in [0.25, 0.3) is 0 Å². The van der Waals surface area contributed by atoms with E-state index in [1.54, 1.807) is 0 Å². The Kier molecular flexibility index (Phi) is 6.40. The van der Waals surface area contributed by atoms with Crippen molar-refractivity contribution in [3.63, 3.8) is 0 Å². The molecule has 0 atom stereocenters. The highest BCUT2D eigenvalue weighted by Crippen LogP contribution is 2.28. The van der Waals surface area contributed by atoms with Crippen LogP contribution in [0.2, 0.25) is 0 Å². The van der Waals surface area contributed by atoms with Crippen LogP contribution in [-0.4, -0.2) is 53.7 Å². The molecule has 3 rings (SSSR count). The second-order valence-corrected chi connectivity index (χ2v) is 8.16. The van der Waals surface area contributed by atoms with Gasteiger partial charge in [0.2, 0.25) is 11.8 Å². The molecule has 0 aliphatic carbocycles. The minimum atomic E-state index is -0.579. The number of amides is 2. The van der Waals surface area contributed by atoms with Crippen LogP contribution in [0.25, 0.3) is 0 Å². The van der Waals surface area contributed by atoms with E-state index in [1.165, 1.54) is 0 Å². The van der Waals surface area contributed by atoms with Gasteiger partial charge in [-0.2, -0.15) is 0 Å². The highest BCUT2D eigenvalue weighted by Gasteiger charge is 2.35. The maximum atomic E-state index is 13.4. The summed E-state index contributed by atoms with van der Waals surface area (Å²) >= 11 is 5.95. The molecular formula is C23H27ClN2O2. The lowest BCUT2D eigenvalue weighted by atomic mass is 9.89. The number of carbonyl (C=O) groups excluding carboxylic acids is 2. The quantitative estimate of drug-likeness (QED) is 0.719. The smallest absolute Gasteiger partial charge is 0.234 e. The first-order valence-corrected chi connectivity index (χ1v) is 10.2. The van der Waals surface area contributed by atoms with E-state index in [0.29, 0.717) is 26.2 Å². The van der Waals surface area contributed by atoms with Gasteiger partial charge in [-0.3, -0.25) is 9.59 Å². The van der Waals surface area contributed by atoms with Gasteiger partial charge in [-0.15, -0.1) is 11.6 Å². The zero-order valence-electron chi connectivity index (χ0n) is 16.5. The summed E-state index contributed by atoms with van der Waals surface area (Å²) in [5.41, 5.74) is 1.39. The Morgan fingerprint density at radius 1 is 0.857 bits per heavy atom. The lowest BCUT2D eigenvalue weighted by molar-refractivity contribution is -0.145. The van der Waals surface area contributed by atoms with Crippen molar-refractivity contribution in [1.29, 1.82) is 0 Å². The number of alkyl halides is 1. The SMILES string of the molecule is CC(C)(CCl)C(=O)N1CCN(C(=O)C(c2ccccc2)c2ccccc2)CC1. The minimum absolute atomic E-state index is 0.0530. The van der Waals surface area contributed by atoms with E-state index in [-0.39, 0.29) is 23.6 Å². The van der Waals surface area contributed by atoms with Gasteiger partial charge in [-0.05, 0) is 25.0 Å². The summed E-state index contributed by atoms with van der Waals surface area (Å²) in [6.45, 7) is 5.89. The third kappa shape index (κ3) is 4.39. The van der Waals surface area contributed by atoms with Crippen LogP contribution in [0.4, 0.5) is 0 Å². The molecule has 5 heteroatoms. The molecule has 2 aromatic rings. The molecule has 28 heavy (non-hydrogen) atoms. The van der Waals surface area contributed by atoms with Gasteiger partial charge in [-0.25, -0.2) is 0 Å². The van der Waals surface area contributed by atoms with Crippen molar-refractivity contribution >= 4 is 23.4 Å². The zero-order valence-corrected chi connectivity index (χ0v) is 17.2. The van der Waals surface area contributed by atoms with Gasteiger partial charge in [-0.1, -0.05) is 60.7 Å². The van der Waals surface area contributed by atoms with Crippen LogP contribution in [0, 0.1) is 5.41 Å². The molecule has 1 heterocycles. The first-order valence-electron chi connectivity index (χ1n) is 9.68. The topological polar surface area (TPSA) is 40.6 Å². The highest BCUT2D eigenvalue weighted by molar-refractivity contribution is 6.19. The van der Waals surface area contributed by atoms with E-state index in [9.17, 15) is 9.59 Å². The van der Waals surface area contributed by atoms with Crippen LogP contribution in [0.15, 0.2) is 60.7 Å². The maximum absolute atomic E-state index is 13.4. The molecule has 0 aromatic heterocycles. The van der Waals surface area contributed by atoms with Crippen LogP contribution in [0.1, 0.15) is 30.9 Å². The third-order valence-electron chi connectivity index (χ3n) is 5.30. The molecule has 0 N–H and O–H groups in total. The van der Waals surface area contributed by atoms with Gasteiger partial charge >= 0.3 is 0 Å². The van der Waals surface area contributed by atoms with Gasteiger partial charge in [0.1, 0.15) is 0 Å². The second-order valence-electron chi connectivity index (χ2n) is 7.89. The molecule has 1 aliphatic heterocycles. The summed E-state index contributed by atoms with van der Waals surface area (Å²) in [6.07, 6.45) is 0. The van der Waals surface area contributed by atoms with E-state index in [4.69, 9.17) is 11.6 Å². The third-order valence-corrected chi connectivity index (χ3v) is 5.97. The average molecular weight is 399 g/mol. The molecular weight excluding hydrogens is 372 g/mol. The summed E-state index contributed by atoms with van der Waals surface area (Å²) in [4.78, 5) is 29.8. The fourth-order valence-corrected chi connectivity index (χ4v) is 3.68. The van der Waals surface area contributed by atoms with Crippen LogP contribution < -0.4 is 0 Å². The average Bonchev–Trinajstić information content (AvgIpc) is 2.75. The van der Waals surface area contributed by atoms with Crippen molar-refractivity contribution in [1.82, 2.24) is 9.80 Å². The molecule has 148 valence electrons. The van der Waals surface area contributed by atoms with Gasteiger partial charge in [0.15, 0.2) is 0 Å². The number of rotatable bonds is 5. The molecule has 2 amide bonds. The summed E-state index contributed by atoms with van der Waals surface area (Å²) in [5, 5.41) is 0. The van der Waals surface area contributed by atoms with Crippen molar-refractivity contribution in [3.8, 4) is 0 Å². The molecule has 0 spiro atoms. The van der Waals surface area contributed by atoms with E-state index < -0.39 is 5.41 Å². The van der Waals surface area contributed by atoms with E-state index in [1.807, 2.05) is 84.3 Å². The monoisotopic (exact) mass is 398 g/mol. The van der Waals surface area contributed by atoms with E-state index in [0.717, 1.165) is 11.1 Å². The molecule has 1 fully saturated rings. The Labute approximate surface area is 172 Å². The Morgan fingerprint density at radius 3 is 1.71 bits per heavy atom. The number of benzene rings is 2.